The van der Waals surface area contributed by atoms with Crippen LogP contribution in [0.15, 0.2) is 5.38 Å². The molecule has 1 amide bonds. The summed E-state index contributed by atoms with van der Waals surface area (Å²) in [5.74, 6) is 1.50. The highest BCUT2D eigenvalue weighted by atomic mass is 32.1. The predicted molar refractivity (Wildman–Crippen MR) is 84.4 cm³/mol. The molecule has 3 heteroatoms. The Kier molecular flexibility index (Phi) is 4.16. The molecule has 2 nitrogen and oxygen atoms in total. The lowest BCUT2D eigenvalue weighted by atomic mass is 9.78. The molecule has 0 bridgehead atoms. The van der Waals surface area contributed by atoms with E-state index in [9.17, 15) is 4.79 Å². The minimum Gasteiger partial charge on any atom is -0.349 e. The SMILES string of the molecule is C[C@H]1[C@H](C)CCC[C@H]1NC(=O)c1csc2c1CCCC2. The molecule has 0 unspecified atom stereocenters. The number of hydrogen-bond donors (Lipinski definition) is 1. The van der Waals surface area contributed by atoms with E-state index < -0.39 is 0 Å². The number of amides is 1. The second-order valence-electron chi connectivity index (χ2n) is 6.61. The molecule has 2 aliphatic carbocycles. The monoisotopic (exact) mass is 291 g/mol. The number of carbonyl (C=O) groups is 1. The fraction of sp³-hybridized carbons (Fsp3) is 0.706. The zero-order valence-corrected chi connectivity index (χ0v) is 13.4. The zero-order chi connectivity index (χ0) is 14.1. The highest BCUT2D eigenvalue weighted by Crippen LogP contribution is 2.32. The third-order valence-corrected chi connectivity index (χ3v) is 6.42. The third kappa shape index (κ3) is 2.65. The van der Waals surface area contributed by atoms with Crippen LogP contribution >= 0.6 is 11.3 Å². The molecule has 1 N–H and O–H groups in total. The number of aryl methyl sites for hydroxylation is 1. The maximum atomic E-state index is 12.6. The first kappa shape index (κ1) is 14.1. The van der Waals surface area contributed by atoms with E-state index >= 15 is 0 Å². The highest BCUT2D eigenvalue weighted by Gasteiger charge is 2.29. The first-order chi connectivity index (χ1) is 9.66. The standard InChI is InChI=1S/C17H25NOS/c1-11-6-5-8-15(12(11)2)18-17(19)14-10-20-16-9-4-3-7-13(14)16/h10-12,15H,3-9H2,1-2H3,(H,18,19)/t11-,12+,15-/m1/s1. The molecule has 1 aromatic rings. The lowest BCUT2D eigenvalue weighted by Crippen LogP contribution is -2.43. The van der Waals surface area contributed by atoms with Gasteiger partial charge in [0.25, 0.3) is 5.91 Å². The molecule has 1 fully saturated rings. The van der Waals surface area contributed by atoms with Gasteiger partial charge in [-0.2, -0.15) is 0 Å². The fourth-order valence-corrected chi connectivity index (χ4v) is 4.84. The molecule has 0 aromatic carbocycles. The Morgan fingerprint density at radius 3 is 2.85 bits per heavy atom. The van der Waals surface area contributed by atoms with Gasteiger partial charge in [-0.05, 0) is 49.5 Å². The van der Waals surface area contributed by atoms with Crippen molar-refractivity contribution in [1.82, 2.24) is 5.32 Å². The topological polar surface area (TPSA) is 29.1 Å². The summed E-state index contributed by atoms with van der Waals surface area (Å²) in [6.07, 6.45) is 8.48. The van der Waals surface area contributed by atoms with Gasteiger partial charge in [-0.25, -0.2) is 0 Å². The van der Waals surface area contributed by atoms with Crippen molar-refractivity contribution < 1.29 is 4.79 Å². The Hall–Kier alpha value is -0.830. The lowest BCUT2D eigenvalue weighted by Gasteiger charge is -2.34. The summed E-state index contributed by atoms with van der Waals surface area (Å²) < 4.78 is 0. The van der Waals surface area contributed by atoms with Gasteiger partial charge in [-0.1, -0.05) is 26.7 Å². The third-order valence-electron chi connectivity index (χ3n) is 5.33. The molecular weight excluding hydrogens is 266 g/mol. The molecule has 0 radical (unpaired) electrons. The summed E-state index contributed by atoms with van der Waals surface area (Å²) in [5.41, 5.74) is 2.31. The number of nitrogens with one attached hydrogen (secondary N) is 1. The van der Waals surface area contributed by atoms with E-state index in [-0.39, 0.29) is 5.91 Å². The van der Waals surface area contributed by atoms with Crippen molar-refractivity contribution in [1.29, 1.82) is 0 Å². The second-order valence-corrected chi connectivity index (χ2v) is 7.57. The van der Waals surface area contributed by atoms with Gasteiger partial charge in [0.2, 0.25) is 0 Å². The maximum absolute atomic E-state index is 12.6. The van der Waals surface area contributed by atoms with E-state index in [0.29, 0.717) is 12.0 Å². The molecule has 110 valence electrons. The van der Waals surface area contributed by atoms with Crippen LogP contribution in [0.4, 0.5) is 0 Å². The molecule has 0 saturated heterocycles. The molecule has 1 aromatic heterocycles. The van der Waals surface area contributed by atoms with Gasteiger partial charge < -0.3 is 5.32 Å². The average Bonchev–Trinajstić information content (AvgIpc) is 2.88. The van der Waals surface area contributed by atoms with Gasteiger partial charge in [0, 0.05) is 16.3 Å². The van der Waals surface area contributed by atoms with Crippen molar-refractivity contribution in [3.05, 3.63) is 21.4 Å². The summed E-state index contributed by atoms with van der Waals surface area (Å²) in [5, 5.41) is 5.40. The van der Waals surface area contributed by atoms with Gasteiger partial charge in [0.15, 0.2) is 0 Å². The molecule has 1 saturated carbocycles. The minimum absolute atomic E-state index is 0.176. The van der Waals surface area contributed by atoms with E-state index in [1.807, 2.05) is 0 Å². The smallest absolute Gasteiger partial charge is 0.252 e. The first-order valence-electron chi connectivity index (χ1n) is 8.07. The van der Waals surface area contributed by atoms with E-state index in [0.717, 1.165) is 24.3 Å². The summed E-state index contributed by atoms with van der Waals surface area (Å²) in [6, 6.07) is 0.366. The Bertz CT molecular complexity index is 493. The number of thiophene rings is 1. The van der Waals surface area contributed by atoms with Crippen LogP contribution in [0, 0.1) is 11.8 Å². The highest BCUT2D eigenvalue weighted by molar-refractivity contribution is 7.10. The zero-order valence-electron chi connectivity index (χ0n) is 12.6. The summed E-state index contributed by atoms with van der Waals surface area (Å²) in [6.45, 7) is 4.60. The van der Waals surface area contributed by atoms with Gasteiger partial charge in [0.1, 0.15) is 0 Å². The normalized spacial score (nSPS) is 29.8. The molecule has 0 aliphatic heterocycles. The molecule has 1 heterocycles. The fourth-order valence-electron chi connectivity index (χ4n) is 3.72. The van der Waals surface area contributed by atoms with E-state index in [2.05, 4.69) is 24.5 Å². The summed E-state index contributed by atoms with van der Waals surface area (Å²) in [4.78, 5) is 14.0. The molecule has 0 spiro atoms. The number of fused-ring (bicyclic) bond motifs is 1. The molecule has 3 atom stereocenters. The summed E-state index contributed by atoms with van der Waals surface area (Å²) >= 11 is 1.78. The van der Waals surface area contributed by atoms with Crippen LogP contribution < -0.4 is 5.32 Å². The molecule has 2 aliphatic rings. The van der Waals surface area contributed by atoms with Crippen molar-refractivity contribution in [2.75, 3.05) is 0 Å². The number of hydrogen-bond acceptors (Lipinski definition) is 2. The average molecular weight is 291 g/mol. The van der Waals surface area contributed by atoms with E-state index in [4.69, 9.17) is 0 Å². The minimum atomic E-state index is 0.176. The Morgan fingerprint density at radius 2 is 2.00 bits per heavy atom. The van der Waals surface area contributed by atoms with Gasteiger partial charge in [0.05, 0.1) is 5.56 Å². The molecule has 20 heavy (non-hydrogen) atoms. The van der Waals surface area contributed by atoms with Crippen molar-refractivity contribution in [2.24, 2.45) is 11.8 Å². The van der Waals surface area contributed by atoms with Gasteiger partial charge in [-0.15, -0.1) is 11.3 Å². The Labute approximate surface area is 126 Å². The maximum Gasteiger partial charge on any atom is 0.252 e. The number of rotatable bonds is 2. The van der Waals surface area contributed by atoms with Gasteiger partial charge >= 0.3 is 0 Å². The van der Waals surface area contributed by atoms with E-state index in [1.54, 1.807) is 11.3 Å². The molecule has 3 rings (SSSR count). The number of carbonyl (C=O) groups excluding carboxylic acids is 1. The largest absolute Gasteiger partial charge is 0.349 e. The van der Waals surface area contributed by atoms with Crippen LogP contribution in [0.1, 0.15) is 66.8 Å². The van der Waals surface area contributed by atoms with Crippen LogP contribution in [0.3, 0.4) is 0 Å². The Morgan fingerprint density at radius 1 is 1.20 bits per heavy atom. The quantitative estimate of drug-likeness (QED) is 0.870. The van der Waals surface area contributed by atoms with E-state index in [1.165, 1.54) is 42.5 Å². The lowest BCUT2D eigenvalue weighted by molar-refractivity contribution is 0.0890. The van der Waals surface area contributed by atoms with Crippen LogP contribution in [-0.4, -0.2) is 11.9 Å². The van der Waals surface area contributed by atoms with Crippen molar-refractivity contribution in [2.45, 2.75) is 64.8 Å². The first-order valence-corrected chi connectivity index (χ1v) is 8.95. The van der Waals surface area contributed by atoms with Crippen molar-refractivity contribution in [3.8, 4) is 0 Å². The van der Waals surface area contributed by atoms with Crippen LogP contribution in [0.5, 0.6) is 0 Å². The van der Waals surface area contributed by atoms with Crippen LogP contribution in [0.2, 0.25) is 0 Å². The second kappa shape index (κ2) is 5.88. The van der Waals surface area contributed by atoms with Crippen LogP contribution in [-0.2, 0) is 12.8 Å². The summed E-state index contributed by atoms with van der Waals surface area (Å²) in [7, 11) is 0. The van der Waals surface area contributed by atoms with Gasteiger partial charge in [-0.3, -0.25) is 4.79 Å². The predicted octanol–water partition coefficient (Wildman–Crippen LogP) is 4.18. The van der Waals surface area contributed by atoms with Crippen molar-refractivity contribution in [3.63, 3.8) is 0 Å². The van der Waals surface area contributed by atoms with Crippen molar-refractivity contribution >= 4 is 17.2 Å². The Balaban J connectivity index is 1.71. The molecular formula is C17H25NOS. The van der Waals surface area contributed by atoms with Crippen LogP contribution in [0.25, 0.3) is 0 Å².